The molecule has 0 aliphatic rings. The molecule has 0 radical (unpaired) electrons. The van der Waals surface area contributed by atoms with E-state index >= 15 is 0 Å². The highest BCUT2D eigenvalue weighted by molar-refractivity contribution is 4.40. The second-order valence-corrected chi connectivity index (χ2v) is 3.22. The van der Waals surface area contributed by atoms with E-state index in [9.17, 15) is 0 Å². The summed E-state index contributed by atoms with van der Waals surface area (Å²) in [4.78, 5) is 0. The minimum Gasteiger partial charge on any atom is -0.870 e. The lowest BCUT2D eigenvalue weighted by Crippen LogP contribution is -2.49. The molecule has 0 aromatic heterocycles. The van der Waals surface area contributed by atoms with Gasteiger partial charge in [-0.2, -0.15) is 0 Å². The summed E-state index contributed by atoms with van der Waals surface area (Å²) in [5, 5.41) is 25.3. The van der Waals surface area contributed by atoms with Crippen LogP contribution in [0.5, 0.6) is 0 Å². The monoisotopic (exact) mass is 153 g/mol. The van der Waals surface area contributed by atoms with Crippen molar-refractivity contribution < 1.29 is 25.3 Å². The van der Waals surface area contributed by atoms with E-state index in [2.05, 4.69) is 0 Å². The average molecular weight is 153 g/mol. The largest absolute Gasteiger partial charge is 0.870 e. The molecule has 0 fully saturated rings. The highest BCUT2D eigenvalue weighted by Crippen LogP contribution is 1.99. The molecule has 0 rings (SSSR count). The van der Waals surface area contributed by atoms with Crippen molar-refractivity contribution in [2.24, 2.45) is 0 Å². The van der Waals surface area contributed by atoms with Gasteiger partial charge in [-0.15, -0.1) is 0 Å². The zero-order valence-corrected chi connectivity index (χ0v) is 6.44. The van der Waals surface area contributed by atoms with Crippen molar-refractivity contribution in [2.45, 2.75) is 5.97 Å². The molecule has 0 atom stereocenters. The minimum absolute atomic E-state index is 0. The summed E-state index contributed by atoms with van der Waals surface area (Å²) >= 11 is 0. The van der Waals surface area contributed by atoms with Gasteiger partial charge in [0.05, 0.1) is 21.1 Å². The van der Waals surface area contributed by atoms with Gasteiger partial charge in [-0.1, -0.05) is 0 Å². The molecule has 64 valence electrons. The van der Waals surface area contributed by atoms with Crippen molar-refractivity contribution in [3.8, 4) is 0 Å². The topological polar surface area (TPSA) is 90.7 Å². The molecule has 0 aromatic carbocycles. The fourth-order valence-corrected chi connectivity index (χ4v) is 0.636. The quantitative estimate of drug-likeness (QED) is 0.321. The molecule has 0 aromatic rings. The summed E-state index contributed by atoms with van der Waals surface area (Å²) in [6, 6.07) is 0. The van der Waals surface area contributed by atoms with E-state index in [1.54, 1.807) is 21.1 Å². The molecule has 0 heterocycles. The standard InChI is InChI=1S/C5H14NO3.H2O/c1-6(2,3)4-5(7,8)9;/h7-9H,4H2,1-3H3;1H2/q+1;/p-1. The summed E-state index contributed by atoms with van der Waals surface area (Å²) in [5.41, 5.74) is 0. The Morgan fingerprint density at radius 2 is 1.40 bits per heavy atom. The number of nitrogens with zero attached hydrogens (tertiary/aromatic N) is 1. The Kier molecular flexibility index (Phi) is 4.08. The molecule has 0 unspecified atom stereocenters. The van der Waals surface area contributed by atoms with Crippen LogP contribution in [0.4, 0.5) is 0 Å². The van der Waals surface area contributed by atoms with Crippen LogP contribution in [-0.2, 0) is 0 Å². The van der Waals surface area contributed by atoms with Crippen LogP contribution in [0.25, 0.3) is 0 Å². The van der Waals surface area contributed by atoms with Gasteiger partial charge in [0.15, 0.2) is 6.54 Å². The van der Waals surface area contributed by atoms with Gasteiger partial charge in [-0.3, -0.25) is 0 Å². The average Bonchev–Trinajstić information content (AvgIpc) is 1.14. The fraction of sp³-hybridized carbons (Fsp3) is 1.00. The van der Waals surface area contributed by atoms with Gasteiger partial charge in [-0.25, -0.2) is 0 Å². The molecule has 0 spiro atoms. The molecule has 10 heavy (non-hydrogen) atoms. The Hall–Kier alpha value is -0.200. The molecule has 0 aliphatic carbocycles. The lowest BCUT2D eigenvalue weighted by molar-refractivity contribution is -0.885. The zero-order valence-electron chi connectivity index (χ0n) is 6.44. The van der Waals surface area contributed by atoms with Crippen molar-refractivity contribution >= 4 is 0 Å². The minimum atomic E-state index is -2.54. The Morgan fingerprint density at radius 3 is 1.40 bits per heavy atom. The van der Waals surface area contributed by atoms with Crippen LogP contribution in [0.3, 0.4) is 0 Å². The van der Waals surface area contributed by atoms with Gasteiger partial charge in [0.2, 0.25) is 0 Å². The van der Waals surface area contributed by atoms with E-state index in [0.717, 1.165) is 0 Å². The van der Waals surface area contributed by atoms with E-state index in [-0.39, 0.29) is 12.0 Å². The number of hydrogen-bond acceptors (Lipinski definition) is 4. The lowest BCUT2D eigenvalue weighted by atomic mass is 10.4. The van der Waals surface area contributed by atoms with Crippen molar-refractivity contribution in [1.29, 1.82) is 0 Å². The van der Waals surface area contributed by atoms with E-state index in [4.69, 9.17) is 15.3 Å². The molecule has 5 nitrogen and oxygen atoms in total. The summed E-state index contributed by atoms with van der Waals surface area (Å²) in [6.07, 6.45) is 0. The van der Waals surface area contributed by atoms with Gasteiger partial charge in [0, 0.05) is 0 Å². The highest BCUT2D eigenvalue weighted by Gasteiger charge is 2.27. The molecule has 0 bridgehead atoms. The predicted octanol–water partition coefficient (Wildman–Crippen LogP) is -1.85. The SMILES string of the molecule is C[N+](C)(C)CC(O)(O)O.[OH-]. The van der Waals surface area contributed by atoms with Crippen LogP contribution >= 0.6 is 0 Å². The van der Waals surface area contributed by atoms with E-state index < -0.39 is 5.97 Å². The molecule has 4 N–H and O–H groups in total. The third-order valence-electron chi connectivity index (χ3n) is 0.686. The van der Waals surface area contributed by atoms with E-state index in [0.29, 0.717) is 4.48 Å². The van der Waals surface area contributed by atoms with Crippen LogP contribution in [0.2, 0.25) is 0 Å². The predicted molar refractivity (Wildman–Crippen MR) is 34.2 cm³/mol. The summed E-state index contributed by atoms with van der Waals surface area (Å²) in [6.45, 7) is -0.104. The summed E-state index contributed by atoms with van der Waals surface area (Å²) in [5.74, 6) is -2.54. The number of quaternary nitrogens is 1. The van der Waals surface area contributed by atoms with Gasteiger partial charge >= 0.3 is 5.97 Å². The molecule has 0 saturated carbocycles. The molecular formula is C5H15NO4. The summed E-state index contributed by atoms with van der Waals surface area (Å²) in [7, 11) is 5.24. The van der Waals surface area contributed by atoms with Crippen LogP contribution < -0.4 is 0 Å². The van der Waals surface area contributed by atoms with Gasteiger partial charge < -0.3 is 25.3 Å². The lowest BCUT2D eigenvalue weighted by Gasteiger charge is -2.27. The van der Waals surface area contributed by atoms with Crippen LogP contribution in [-0.4, -0.2) is 58.9 Å². The number of aliphatic hydroxyl groups is 3. The maximum absolute atomic E-state index is 8.45. The molecule has 0 saturated heterocycles. The molecule has 0 amide bonds. The first-order valence-electron chi connectivity index (χ1n) is 2.68. The maximum Gasteiger partial charge on any atom is 0.328 e. The van der Waals surface area contributed by atoms with E-state index in [1.807, 2.05) is 0 Å². The molecular weight excluding hydrogens is 138 g/mol. The van der Waals surface area contributed by atoms with Crippen LogP contribution in [0.1, 0.15) is 0 Å². The van der Waals surface area contributed by atoms with Crippen molar-refractivity contribution in [1.82, 2.24) is 0 Å². The first-order valence-corrected chi connectivity index (χ1v) is 2.68. The third kappa shape index (κ3) is 10.7. The highest BCUT2D eigenvalue weighted by atomic mass is 16.7. The van der Waals surface area contributed by atoms with Crippen molar-refractivity contribution in [3.63, 3.8) is 0 Å². The smallest absolute Gasteiger partial charge is 0.328 e. The second-order valence-electron chi connectivity index (χ2n) is 3.22. The number of likely N-dealkylation sites (N-methyl/N-ethyl adjacent to an activating group) is 1. The Bertz CT molecular complexity index is 78.8. The number of hydrogen-bond donors (Lipinski definition) is 3. The zero-order chi connectivity index (χ0) is 7.71. The van der Waals surface area contributed by atoms with Gasteiger partial charge in [-0.05, 0) is 0 Å². The third-order valence-corrected chi connectivity index (χ3v) is 0.686. The van der Waals surface area contributed by atoms with Crippen LogP contribution in [0, 0.1) is 0 Å². The number of rotatable bonds is 2. The Morgan fingerprint density at radius 1 is 1.10 bits per heavy atom. The van der Waals surface area contributed by atoms with E-state index in [1.165, 1.54) is 0 Å². The first-order chi connectivity index (χ1) is 3.71. The Balaban J connectivity index is 0. The molecule has 0 aliphatic heterocycles. The second kappa shape index (κ2) is 3.27. The van der Waals surface area contributed by atoms with Gasteiger partial charge in [0.1, 0.15) is 0 Å². The molecule has 5 heteroatoms. The Labute approximate surface area is 60.0 Å². The fourth-order valence-electron chi connectivity index (χ4n) is 0.636. The first kappa shape index (κ1) is 12.5. The van der Waals surface area contributed by atoms with Crippen molar-refractivity contribution in [2.75, 3.05) is 27.7 Å². The summed E-state index contributed by atoms with van der Waals surface area (Å²) < 4.78 is 0.309. The van der Waals surface area contributed by atoms with Crippen molar-refractivity contribution in [3.05, 3.63) is 0 Å². The van der Waals surface area contributed by atoms with Crippen LogP contribution in [0.15, 0.2) is 0 Å². The van der Waals surface area contributed by atoms with Gasteiger partial charge in [0.25, 0.3) is 0 Å². The normalized spacial score (nSPS) is 12.6. The maximum atomic E-state index is 8.45.